The number of hydrogen-bond acceptors (Lipinski definition) is 4. The standard InChI is InChI=1S/C10H13Br2NO3S2/c1-7-9(4-10(12)17-7)18(14,15)13-2-3-16-8(5-11)6-13/h4,8H,2-3,5-6H2,1H3. The second kappa shape index (κ2) is 5.88. The van der Waals surface area contributed by atoms with Crippen LogP contribution in [0.25, 0.3) is 0 Å². The minimum atomic E-state index is -3.40. The highest BCUT2D eigenvalue weighted by Crippen LogP contribution is 2.32. The summed E-state index contributed by atoms with van der Waals surface area (Å²) >= 11 is 8.09. The van der Waals surface area contributed by atoms with Crippen LogP contribution < -0.4 is 0 Å². The molecule has 1 aliphatic rings. The number of nitrogens with zero attached hydrogens (tertiary/aromatic N) is 1. The van der Waals surface area contributed by atoms with Crippen molar-refractivity contribution in [2.45, 2.75) is 17.9 Å². The molecule has 0 spiro atoms. The first-order valence-corrected chi connectivity index (χ1v) is 9.56. The number of halogens is 2. The van der Waals surface area contributed by atoms with E-state index in [1.54, 1.807) is 6.07 Å². The van der Waals surface area contributed by atoms with E-state index >= 15 is 0 Å². The molecule has 1 unspecified atom stereocenters. The molecule has 1 aliphatic heterocycles. The minimum absolute atomic E-state index is 0.0732. The van der Waals surface area contributed by atoms with Gasteiger partial charge in [-0.05, 0) is 28.9 Å². The van der Waals surface area contributed by atoms with E-state index in [4.69, 9.17) is 4.74 Å². The first kappa shape index (κ1) is 14.9. The smallest absolute Gasteiger partial charge is 0.244 e. The van der Waals surface area contributed by atoms with E-state index in [9.17, 15) is 8.42 Å². The maximum atomic E-state index is 12.5. The zero-order chi connectivity index (χ0) is 13.3. The number of aryl methyl sites for hydroxylation is 1. The van der Waals surface area contributed by atoms with Crippen LogP contribution in [0, 0.1) is 6.92 Å². The number of sulfonamides is 1. The molecule has 18 heavy (non-hydrogen) atoms. The molecule has 0 amide bonds. The number of hydrogen-bond donors (Lipinski definition) is 0. The molecule has 0 radical (unpaired) electrons. The Kier molecular flexibility index (Phi) is 4.88. The second-order valence-corrected chi connectivity index (χ2v) is 9.17. The van der Waals surface area contributed by atoms with Crippen molar-refractivity contribution in [1.82, 2.24) is 4.31 Å². The van der Waals surface area contributed by atoms with E-state index in [-0.39, 0.29) is 6.10 Å². The van der Waals surface area contributed by atoms with Crippen molar-refractivity contribution in [1.29, 1.82) is 0 Å². The number of thiophene rings is 1. The van der Waals surface area contributed by atoms with Crippen molar-refractivity contribution in [2.75, 3.05) is 25.0 Å². The maximum Gasteiger partial charge on any atom is 0.244 e. The summed E-state index contributed by atoms with van der Waals surface area (Å²) in [6.07, 6.45) is -0.0732. The predicted octanol–water partition coefficient (Wildman–Crippen LogP) is 2.60. The third-order valence-corrected chi connectivity index (χ3v) is 7.13. The summed E-state index contributed by atoms with van der Waals surface area (Å²) in [6.45, 7) is 3.09. The van der Waals surface area contributed by atoms with Crippen molar-refractivity contribution < 1.29 is 13.2 Å². The Labute approximate surface area is 128 Å². The van der Waals surface area contributed by atoms with E-state index < -0.39 is 10.0 Å². The van der Waals surface area contributed by atoms with Crippen LogP contribution in [0.2, 0.25) is 0 Å². The van der Waals surface area contributed by atoms with Gasteiger partial charge in [-0.25, -0.2) is 8.42 Å². The van der Waals surface area contributed by atoms with Gasteiger partial charge in [0.05, 0.1) is 21.4 Å². The first-order chi connectivity index (χ1) is 8.45. The number of ether oxygens (including phenoxy) is 1. The Morgan fingerprint density at radius 2 is 2.33 bits per heavy atom. The van der Waals surface area contributed by atoms with Gasteiger partial charge in [0.25, 0.3) is 0 Å². The van der Waals surface area contributed by atoms with Crippen LogP contribution in [0.4, 0.5) is 0 Å². The summed E-state index contributed by atoms with van der Waals surface area (Å²) in [5.74, 6) is 0. The molecule has 0 aliphatic carbocycles. The monoisotopic (exact) mass is 417 g/mol. The first-order valence-electron chi connectivity index (χ1n) is 5.39. The second-order valence-electron chi connectivity index (χ2n) is 3.98. The molecule has 0 bridgehead atoms. The molecule has 8 heteroatoms. The fourth-order valence-electron chi connectivity index (χ4n) is 1.83. The van der Waals surface area contributed by atoms with Crippen molar-refractivity contribution in [3.05, 3.63) is 14.7 Å². The van der Waals surface area contributed by atoms with E-state index in [1.807, 2.05) is 6.92 Å². The van der Waals surface area contributed by atoms with Gasteiger partial charge in [0.15, 0.2) is 0 Å². The van der Waals surface area contributed by atoms with Gasteiger partial charge in [0.2, 0.25) is 10.0 Å². The highest BCUT2D eigenvalue weighted by atomic mass is 79.9. The summed E-state index contributed by atoms with van der Waals surface area (Å²) in [7, 11) is -3.40. The lowest BCUT2D eigenvalue weighted by Crippen LogP contribution is -2.46. The lowest BCUT2D eigenvalue weighted by molar-refractivity contribution is 0.0136. The van der Waals surface area contributed by atoms with Crippen LogP contribution in [-0.4, -0.2) is 43.9 Å². The van der Waals surface area contributed by atoms with Crippen LogP contribution in [0.15, 0.2) is 14.7 Å². The molecule has 1 saturated heterocycles. The Morgan fingerprint density at radius 1 is 1.61 bits per heavy atom. The lowest BCUT2D eigenvalue weighted by Gasteiger charge is -2.31. The van der Waals surface area contributed by atoms with E-state index in [2.05, 4.69) is 31.9 Å². The van der Waals surface area contributed by atoms with Gasteiger partial charge in [-0.15, -0.1) is 11.3 Å². The molecule has 1 fully saturated rings. The Balaban J connectivity index is 2.28. The van der Waals surface area contributed by atoms with Crippen LogP contribution in [0.5, 0.6) is 0 Å². The van der Waals surface area contributed by atoms with Gasteiger partial charge in [-0.1, -0.05) is 15.9 Å². The number of alkyl halides is 1. The molecule has 1 aromatic rings. The third kappa shape index (κ3) is 2.99. The largest absolute Gasteiger partial charge is 0.375 e. The molecular formula is C10H13Br2NO3S2. The number of rotatable bonds is 3. The zero-order valence-corrected chi connectivity index (χ0v) is 14.5. The fraction of sp³-hybridized carbons (Fsp3) is 0.600. The molecule has 1 atom stereocenters. The predicted molar refractivity (Wildman–Crippen MR) is 79.0 cm³/mol. The van der Waals surface area contributed by atoms with Gasteiger partial charge < -0.3 is 4.74 Å². The van der Waals surface area contributed by atoms with Crippen molar-refractivity contribution >= 4 is 53.2 Å². The van der Waals surface area contributed by atoms with Crippen LogP contribution in [-0.2, 0) is 14.8 Å². The molecular weight excluding hydrogens is 406 g/mol. The van der Waals surface area contributed by atoms with Gasteiger partial charge in [0.1, 0.15) is 0 Å². The Hall–Kier alpha value is 0.530. The van der Waals surface area contributed by atoms with Crippen LogP contribution >= 0.6 is 43.2 Å². The van der Waals surface area contributed by atoms with E-state index in [0.717, 1.165) is 8.66 Å². The van der Waals surface area contributed by atoms with E-state index in [1.165, 1.54) is 15.6 Å². The van der Waals surface area contributed by atoms with Gasteiger partial charge in [-0.2, -0.15) is 4.31 Å². The van der Waals surface area contributed by atoms with Crippen molar-refractivity contribution in [3.63, 3.8) is 0 Å². The summed E-state index contributed by atoms with van der Waals surface area (Å²) in [5, 5.41) is 0.644. The lowest BCUT2D eigenvalue weighted by atomic mass is 10.3. The molecule has 0 saturated carbocycles. The average molecular weight is 419 g/mol. The summed E-state index contributed by atoms with van der Waals surface area (Å²) in [5.41, 5.74) is 0. The van der Waals surface area contributed by atoms with Crippen LogP contribution in [0.3, 0.4) is 0 Å². The average Bonchev–Trinajstić information content (AvgIpc) is 2.69. The topological polar surface area (TPSA) is 46.6 Å². The SMILES string of the molecule is Cc1sc(Br)cc1S(=O)(=O)N1CCOC(CBr)C1. The summed E-state index contributed by atoms with van der Waals surface area (Å²) < 4.78 is 32.9. The molecule has 0 aromatic carbocycles. The maximum absolute atomic E-state index is 12.5. The highest BCUT2D eigenvalue weighted by Gasteiger charge is 2.32. The molecule has 4 nitrogen and oxygen atoms in total. The number of morpholine rings is 1. The van der Waals surface area contributed by atoms with Crippen LogP contribution in [0.1, 0.15) is 4.88 Å². The molecule has 2 heterocycles. The summed E-state index contributed by atoms with van der Waals surface area (Å²) in [4.78, 5) is 1.21. The quantitative estimate of drug-likeness (QED) is 0.708. The summed E-state index contributed by atoms with van der Waals surface area (Å²) in [6, 6.07) is 1.67. The minimum Gasteiger partial charge on any atom is -0.375 e. The molecule has 1 aromatic heterocycles. The third-order valence-electron chi connectivity index (χ3n) is 2.73. The zero-order valence-electron chi connectivity index (χ0n) is 9.73. The van der Waals surface area contributed by atoms with Gasteiger partial charge >= 0.3 is 0 Å². The van der Waals surface area contributed by atoms with Gasteiger partial charge in [-0.3, -0.25) is 0 Å². The molecule has 102 valence electrons. The molecule has 0 N–H and O–H groups in total. The van der Waals surface area contributed by atoms with Crippen molar-refractivity contribution in [2.24, 2.45) is 0 Å². The van der Waals surface area contributed by atoms with Crippen molar-refractivity contribution in [3.8, 4) is 0 Å². The Morgan fingerprint density at radius 3 is 2.89 bits per heavy atom. The Bertz CT molecular complexity index is 529. The van der Waals surface area contributed by atoms with E-state index in [0.29, 0.717) is 29.9 Å². The molecule has 2 rings (SSSR count). The highest BCUT2D eigenvalue weighted by molar-refractivity contribution is 9.11. The fourth-order valence-corrected chi connectivity index (χ4v) is 6.06. The normalized spacial score (nSPS) is 22.3. The van der Waals surface area contributed by atoms with Gasteiger partial charge in [0, 0.05) is 23.3 Å².